The SMILES string of the molecule is Cn1cc(-c2nc(Cl)ncc2C#N)c2cccnc21. The molecule has 0 aromatic carbocycles. The molecule has 19 heavy (non-hydrogen) atoms. The first-order valence-corrected chi connectivity index (χ1v) is 5.91. The molecule has 0 bridgehead atoms. The van der Waals surface area contributed by atoms with Crippen molar-refractivity contribution in [2.45, 2.75) is 0 Å². The Morgan fingerprint density at radius 3 is 3.00 bits per heavy atom. The molecule has 0 radical (unpaired) electrons. The smallest absolute Gasteiger partial charge is 0.222 e. The summed E-state index contributed by atoms with van der Waals surface area (Å²) in [6.45, 7) is 0. The number of aromatic nitrogens is 4. The maximum atomic E-state index is 9.15. The van der Waals surface area contributed by atoms with E-state index in [2.05, 4.69) is 21.0 Å². The second-order valence-corrected chi connectivity index (χ2v) is 4.38. The summed E-state index contributed by atoms with van der Waals surface area (Å²) in [4.78, 5) is 12.3. The van der Waals surface area contributed by atoms with Crippen molar-refractivity contribution in [2.24, 2.45) is 7.05 Å². The summed E-state index contributed by atoms with van der Waals surface area (Å²) in [5.74, 6) is 0. The van der Waals surface area contributed by atoms with E-state index in [-0.39, 0.29) is 5.28 Å². The number of nitriles is 1. The van der Waals surface area contributed by atoms with Crippen LogP contribution >= 0.6 is 11.6 Å². The van der Waals surface area contributed by atoms with Gasteiger partial charge in [0, 0.05) is 30.4 Å². The van der Waals surface area contributed by atoms with Crippen LogP contribution in [-0.2, 0) is 7.05 Å². The van der Waals surface area contributed by atoms with Crippen molar-refractivity contribution in [3.63, 3.8) is 0 Å². The van der Waals surface area contributed by atoms with Crippen LogP contribution in [0.4, 0.5) is 0 Å². The highest BCUT2D eigenvalue weighted by Crippen LogP contribution is 2.30. The Bertz CT molecular complexity index is 816. The molecule has 5 nitrogen and oxygen atoms in total. The number of rotatable bonds is 1. The zero-order valence-electron chi connectivity index (χ0n) is 10.0. The van der Waals surface area contributed by atoms with Gasteiger partial charge in [0.05, 0.1) is 17.5 Å². The first-order valence-electron chi connectivity index (χ1n) is 5.54. The summed E-state index contributed by atoms with van der Waals surface area (Å²) in [7, 11) is 1.90. The molecule has 3 rings (SSSR count). The average Bonchev–Trinajstić information content (AvgIpc) is 2.77. The van der Waals surface area contributed by atoms with Crippen molar-refractivity contribution in [1.82, 2.24) is 19.5 Å². The maximum Gasteiger partial charge on any atom is 0.222 e. The third kappa shape index (κ3) is 1.83. The number of hydrogen-bond donors (Lipinski definition) is 0. The van der Waals surface area contributed by atoms with E-state index >= 15 is 0 Å². The minimum atomic E-state index is 0.120. The number of pyridine rings is 1. The molecule has 0 spiro atoms. The summed E-state index contributed by atoms with van der Waals surface area (Å²) >= 11 is 5.83. The topological polar surface area (TPSA) is 67.4 Å². The van der Waals surface area contributed by atoms with E-state index in [0.29, 0.717) is 11.3 Å². The summed E-state index contributed by atoms with van der Waals surface area (Å²) in [6, 6.07) is 5.87. The lowest BCUT2D eigenvalue weighted by molar-refractivity contribution is 0.948. The predicted molar refractivity (Wildman–Crippen MR) is 71.5 cm³/mol. The molecule has 0 unspecified atom stereocenters. The van der Waals surface area contributed by atoms with E-state index in [4.69, 9.17) is 16.9 Å². The third-order valence-electron chi connectivity index (χ3n) is 2.87. The number of fused-ring (bicyclic) bond motifs is 1. The van der Waals surface area contributed by atoms with Gasteiger partial charge in [0.1, 0.15) is 11.7 Å². The second kappa shape index (κ2) is 4.34. The van der Waals surface area contributed by atoms with Crippen LogP contribution in [0.2, 0.25) is 5.28 Å². The van der Waals surface area contributed by atoms with E-state index in [9.17, 15) is 0 Å². The van der Waals surface area contributed by atoms with E-state index in [1.165, 1.54) is 6.20 Å². The first-order chi connectivity index (χ1) is 9.20. The molecular weight excluding hydrogens is 262 g/mol. The van der Waals surface area contributed by atoms with Gasteiger partial charge in [-0.1, -0.05) is 0 Å². The van der Waals surface area contributed by atoms with Crippen LogP contribution < -0.4 is 0 Å². The van der Waals surface area contributed by atoms with Crippen LogP contribution in [0.25, 0.3) is 22.3 Å². The van der Waals surface area contributed by atoms with Gasteiger partial charge >= 0.3 is 0 Å². The van der Waals surface area contributed by atoms with Crippen LogP contribution in [0.15, 0.2) is 30.7 Å². The summed E-state index contributed by atoms with van der Waals surface area (Å²) in [6.07, 6.45) is 5.04. The number of nitrogens with zero attached hydrogens (tertiary/aromatic N) is 5. The van der Waals surface area contributed by atoms with Gasteiger partial charge in [-0.25, -0.2) is 15.0 Å². The molecule has 0 amide bonds. The van der Waals surface area contributed by atoms with Crippen molar-refractivity contribution in [1.29, 1.82) is 5.26 Å². The van der Waals surface area contributed by atoms with Crippen molar-refractivity contribution < 1.29 is 0 Å². The Kier molecular flexibility index (Phi) is 2.65. The lowest BCUT2D eigenvalue weighted by Gasteiger charge is -2.01. The van der Waals surface area contributed by atoms with E-state index in [1.54, 1.807) is 6.20 Å². The van der Waals surface area contributed by atoms with Gasteiger partial charge in [-0.05, 0) is 23.7 Å². The highest BCUT2D eigenvalue weighted by atomic mass is 35.5. The highest BCUT2D eigenvalue weighted by Gasteiger charge is 2.15. The Morgan fingerprint density at radius 1 is 1.37 bits per heavy atom. The third-order valence-corrected chi connectivity index (χ3v) is 3.05. The van der Waals surface area contributed by atoms with Crippen LogP contribution in [0, 0.1) is 11.3 Å². The minimum absolute atomic E-state index is 0.120. The summed E-state index contributed by atoms with van der Waals surface area (Å²) < 4.78 is 1.89. The summed E-state index contributed by atoms with van der Waals surface area (Å²) in [5, 5.41) is 10.2. The van der Waals surface area contributed by atoms with Crippen LogP contribution in [0.1, 0.15) is 5.56 Å². The summed E-state index contributed by atoms with van der Waals surface area (Å²) in [5.41, 5.74) is 2.57. The molecule has 0 fully saturated rings. The van der Waals surface area contributed by atoms with Gasteiger partial charge in [0.25, 0.3) is 0 Å². The largest absolute Gasteiger partial charge is 0.335 e. The fraction of sp³-hybridized carbons (Fsp3) is 0.0769. The maximum absolute atomic E-state index is 9.15. The van der Waals surface area contributed by atoms with Crippen molar-refractivity contribution in [3.05, 3.63) is 41.6 Å². The van der Waals surface area contributed by atoms with Crippen molar-refractivity contribution in [2.75, 3.05) is 0 Å². The fourth-order valence-corrected chi connectivity index (χ4v) is 2.18. The fourth-order valence-electron chi connectivity index (χ4n) is 2.05. The number of aryl methyl sites for hydroxylation is 1. The lowest BCUT2D eigenvalue weighted by atomic mass is 10.1. The van der Waals surface area contributed by atoms with Crippen LogP contribution in [-0.4, -0.2) is 19.5 Å². The van der Waals surface area contributed by atoms with Gasteiger partial charge in [-0.2, -0.15) is 5.26 Å². The zero-order valence-corrected chi connectivity index (χ0v) is 10.8. The van der Waals surface area contributed by atoms with Crippen molar-refractivity contribution >= 4 is 22.6 Å². The van der Waals surface area contributed by atoms with Gasteiger partial charge in [0.2, 0.25) is 5.28 Å². The van der Waals surface area contributed by atoms with E-state index < -0.39 is 0 Å². The zero-order chi connectivity index (χ0) is 13.4. The lowest BCUT2D eigenvalue weighted by Crippen LogP contribution is -1.92. The second-order valence-electron chi connectivity index (χ2n) is 4.04. The van der Waals surface area contributed by atoms with E-state index in [1.807, 2.05) is 29.9 Å². The van der Waals surface area contributed by atoms with Gasteiger partial charge in [0.15, 0.2) is 0 Å². The Hall–Kier alpha value is -2.45. The van der Waals surface area contributed by atoms with Crippen molar-refractivity contribution in [3.8, 4) is 17.3 Å². The molecule has 0 aliphatic carbocycles. The normalized spacial score (nSPS) is 10.6. The molecule has 0 saturated heterocycles. The van der Waals surface area contributed by atoms with Gasteiger partial charge in [-0.15, -0.1) is 0 Å². The number of halogens is 1. The molecule has 0 atom stereocenters. The first kappa shape index (κ1) is 11.6. The Morgan fingerprint density at radius 2 is 2.21 bits per heavy atom. The molecule has 0 N–H and O–H groups in total. The molecule has 3 heterocycles. The van der Waals surface area contributed by atoms with E-state index in [0.717, 1.165) is 16.6 Å². The molecule has 3 aromatic heterocycles. The Labute approximate surface area is 114 Å². The molecule has 92 valence electrons. The highest BCUT2D eigenvalue weighted by molar-refractivity contribution is 6.28. The molecule has 6 heteroatoms. The van der Waals surface area contributed by atoms with Gasteiger partial charge in [-0.3, -0.25) is 0 Å². The quantitative estimate of drug-likeness (QED) is 0.637. The molecule has 0 saturated carbocycles. The molecule has 0 aliphatic heterocycles. The molecule has 0 aliphatic rings. The van der Waals surface area contributed by atoms with Crippen LogP contribution in [0.5, 0.6) is 0 Å². The minimum Gasteiger partial charge on any atom is -0.335 e. The predicted octanol–water partition coefficient (Wildman–Crippen LogP) is 2.56. The number of hydrogen-bond acceptors (Lipinski definition) is 4. The van der Waals surface area contributed by atoms with Crippen LogP contribution in [0.3, 0.4) is 0 Å². The van der Waals surface area contributed by atoms with Gasteiger partial charge < -0.3 is 4.57 Å². The molecular formula is C13H8ClN5. The average molecular weight is 270 g/mol. The Balaban J connectivity index is 2.37. The molecule has 3 aromatic rings. The standard InChI is InChI=1S/C13H8ClN5/c1-19-7-10(9-3-2-4-16-12(9)19)11-8(5-15)6-17-13(14)18-11/h2-4,6-7H,1H3. The monoisotopic (exact) mass is 269 g/mol.